The fourth-order valence-electron chi connectivity index (χ4n) is 1.45. The van der Waals surface area contributed by atoms with Crippen molar-refractivity contribution in [3.05, 3.63) is 28.2 Å². The van der Waals surface area contributed by atoms with E-state index in [9.17, 15) is 0 Å². The first-order valence-electron chi connectivity index (χ1n) is 4.52. The van der Waals surface area contributed by atoms with Gasteiger partial charge in [0.2, 0.25) is 0 Å². The van der Waals surface area contributed by atoms with Crippen LogP contribution in [0.25, 0.3) is 0 Å². The van der Waals surface area contributed by atoms with Crippen molar-refractivity contribution < 1.29 is 4.74 Å². The number of halogens is 2. The smallest absolute Gasteiger partial charge is 0.139 e. The minimum Gasteiger partial charge on any atom is -0.489 e. The summed E-state index contributed by atoms with van der Waals surface area (Å²) >= 11 is 11.8. The summed E-state index contributed by atoms with van der Waals surface area (Å²) in [4.78, 5) is 0. The number of hydrogen-bond acceptors (Lipinski definition) is 2. The molecule has 14 heavy (non-hydrogen) atoms. The molecule has 1 aromatic rings. The third-order valence-electron chi connectivity index (χ3n) is 2.32. The van der Waals surface area contributed by atoms with Crippen LogP contribution in [0.3, 0.4) is 0 Å². The second-order valence-electron chi connectivity index (χ2n) is 3.55. The first-order valence-corrected chi connectivity index (χ1v) is 5.28. The summed E-state index contributed by atoms with van der Waals surface area (Å²) in [5, 5.41) is 1.22. The van der Waals surface area contributed by atoms with Gasteiger partial charge in [-0.05, 0) is 25.0 Å². The molecule has 1 aliphatic carbocycles. The average Bonchev–Trinajstić information content (AvgIpc) is 2.09. The summed E-state index contributed by atoms with van der Waals surface area (Å²) in [6.07, 6.45) is 1.98. The quantitative estimate of drug-likeness (QED) is 0.850. The summed E-state index contributed by atoms with van der Waals surface area (Å²) in [6.45, 7) is 0. The zero-order valence-electron chi connectivity index (χ0n) is 7.54. The fraction of sp³-hybridized carbons (Fsp3) is 0.400. The van der Waals surface area contributed by atoms with E-state index in [4.69, 9.17) is 33.7 Å². The van der Waals surface area contributed by atoms with E-state index in [1.807, 2.05) is 0 Å². The number of ether oxygens (including phenoxy) is 1. The molecule has 0 amide bonds. The van der Waals surface area contributed by atoms with Crippen molar-refractivity contribution in [3.63, 3.8) is 0 Å². The Balaban J connectivity index is 2.05. The summed E-state index contributed by atoms with van der Waals surface area (Å²) in [6, 6.07) is 5.48. The molecule has 76 valence electrons. The van der Waals surface area contributed by atoms with Gasteiger partial charge in [-0.3, -0.25) is 0 Å². The second-order valence-corrected chi connectivity index (χ2v) is 4.39. The molecule has 1 fully saturated rings. The normalized spacial score (nSPS) is 25.6. The zero-order valence-corrected chi connectivity index (χ0v) is 9.05. The third kappa shape index (κ3) is 2.14. The van der Waals surface area contributed by atoms with Crippen molar-refractivity contribution in [2.24, 2.45) is 5.73 Å². The standard InChI is InChI=1S/C10H11Cl2NO/c11-6-1-2-9(12)10(3-6)14-8-4-7(13)5-8/h1-3,7-8H,4-5,13H2. The predicted molar refractivity (Wildman–Crippen MR) is 58.1 cm³/mol. The highest BCUT2D eigenvalue weighted by Gasteiger charge is 2.28. The van der Waals surface area contributed by atoms with E-state index in [2.05, 4.69) is 0 Å². The molecule has 1 aliphatic rings. The Morgan fingerprint density at radius 2 is 2.00 bits per heavy atom. The highest BCUT2D eigenvalue weighted by atomic mass is 35.5. The molecule has 0 radical (unpaired) electrons. The molecular formula is C10H11Cl2NO. The molecule has 0 unspecified atom stereocenters. The van der Waals surface area contributed by atoms with Crippen LogP contribution in [0.4, 0.5) is 0 Å². The molecular weight excluding hydrogens is 221 g/mol. The molecule has 2 rings (SSSR count). The number of hydrogen-bond donors (Lipinski definition) is 1. The van der Waals surface area contributed by atoms with Gasteiger partial charge in [0.25, 0.3) is 0 Å². The average molecular weight is 232 g/mol. The van der Waals surface area contributed by atoms with Gasteiger partial charge >= 0.3 is 0 Å². The van der Waals surface area contributed by atoms with Crippen molar-refractivity contribution in [3.8, 4) is 5.75 Å². The molecule has 0 bridgehead atoms. The van der Waals surface area contributed by atoms with Crippen LogP contribution < -0.4 is 10.5 Å². The molecule has 0 aliphatic heterocycles. The van der Waals surface area contributed by atoms with Gasteiger partial charge in [-0.15, -0.1) is 0 Å². The van der Waals surface area contributed by atoms with E-state index < -0.39 is 0 Å². The second kappa shape index (κ2) is 3.97. The van der Waals surface area contributed by atoms with Gasteiger partial charge in [-0.1, -0.05) is 23.2 Å². The van der Waals surface area contributed by atoms with Gasteiger partial charge < -0.3 is 10.5 Å². The minimum atomic E-state index is 0.195. The molecule has 1 saturated carbocycles. The van der Waals surface area contributed by atoms with Crippen LogP contribution in [-0.4, -0.2) is 12.1 Å². The maximum atomic E-state index is 5.94. The van der Waals surface area contributed by atoms with E-state index in [1.54, 1.807) is 18.2 Å². The molecule has 0 spiro atoms. The number of nitrogens with two attached hydrogens (primary N) is 1. The van der Waals surface area contributed by atoms with Crippen LogP contribution >= 0.6 is 23.2 Å². The molecule has 0 saturated heterocycles. The number of rotatable bonds is 2. The summed E-state index contributed by atoms with van der Waals surface area (Å²) in [7, 11) is 0. The lowest BCUT2D eigenvalue weighted by atomic mass is 9.90. The Hall–Kier alpha value is -0.440. The lowest BCUT2D eigenvalue weighted by Gasteiger charge is -2.32. The Morgan fingerprint density at radius 1 is 1.29 bits per heavy atom. The van der Waals surface area contributed by atoms with Crippen molar-refractivity contribution in [1.29, 1.82) is 0 Å². The van der Waals surface area contributed by atoms with Gasteiger partial charge in [0, 0.05) is 17.1 Å². The monoisotopic (exact) mass is 231 g/mol. The Morgan fingerprint density at radius 3 is 2.64 bits per heavy atom. The lowest BCUT2D eigenvalue weighted by Crippen LogP contribution is -2.43. The maximum absolute atomic E-state index is 5.94. The Labute approximate surface area is 92.9 Å². The fourth-order valence-corrected chi connectivity index (χ4v) is 1.77. The van der Waals surface area contributed by atoms with Crippen LogP contribution in [0.5, 0.6) is 5.75 Å². The van der Waals surface area contributed by atoms with E-state index in [0.29, 0.717) is 15.8 Å². The van der Waals surface area contributed by atoms with Crippen LogP contribution in [-0.2, 0) is 0 Å². The molecule has 4 heteroatoms. The van der Waals surface area contributed by atoms with E-state index in [-0.39, 0.29) is 12.1 Å². The van der Waals surface area contributed by atoms with E-state index >= 15 is 0 Å². The van der Waals surface area contributed by atoms with E-state index in [1.165, 1.54) is 0 Å². The highest BCUT2D eigenvalue weighted by Crippen LogP contribution is 2.32. The van der Waals surface area contributed by atoms with Gasteiger partial charge in [-0.25, -0.2) is 0 Å². The largest absolute Gasteiger partial charge is 0.489 e. The van der Waals surface area contributed by atoms with Crippen LogP contribution in [0.2, 0.25) is 10.0 Å². The molecule has 1 aromatic carbocycles. The zero-order chi connectivity index (χ0) is 10.1. The van der Waals surface area contributed by atoms with E-state index in [0.717, 1.165) is 12.8 Å². The van der Waals surface area contributed by atoms with Gasteiger partial charge in [0.1, 0.15) is 11.9 Å². The Kier molecular flexibility index (Phi) is 2.86. The molecule has 2 N–H and O–H groups in total. The molecule has 0 heterocycles. The highest BCUT2D eigenvalue weighted by molar-refractivity contribution is 6.34. The van der Waals surface area contributed by atoms with Gasteiger partial charge in [-0.2, -0.15) is 0 Å². The summed E-state index contributed by atoms with van der Waals surface area (Å²) in [5.41, 5.74) is 5.65. The lowest BCUT2D eigenvalue weighted by molar-refractivity contribution is 0.101. The third-order valence-corrected chi connectivity index (χ3v) is 2.87. The van der Waals surface area contributed by atoms with Gasteiger partial charge in [0.15, 0.2) is 0 Å². The topological polar surface area (TPSA) is 35.2 Å². The van der Waals surface area contributed by atoms with Crippen molar-refractivity contribution in [2.75, 3.05) is 0 Å². The SMILES string of the molecule is NC1CC(Oc2cc(Cl)ccc2Cl)C1. The first kappa shape index (κ1) is 10.1. The summed E-state index contributed by atoms with van der Waals surface area (Å²) in [5.74, 6) is 0.649. The van der Waals surface area contributed by atoms with Crippen LogP contribution in [0.15, 0.2) is 18.2 Å². The van der Waals surface area contributed by atoms with Gasteiger partial charge in [0.05, 0.1) is 5.02 Å². The van der Waals surface area contributed by atoms with Crippen molar-refractivity contribution >= 4 is 23.2 Å². The molecule has 0 atom stereocenters. The van der Waals surface area contributed by atoms with Crippen molar-refractivity contribution in [2.45, 2.75) is 25.0 Å². The minimum absolute atomic E-state index is 0.195. The maximum Gasteiger partial charge on any atom is 0.139 e. The molecule has 0 aromatic heterocycles. The van der Waals surface area contributed by atoms with Crippen LogP contribution in [0, 0.1) is 0 Å². The number of benzene rings is 1. The van der Waals surface area contributed by atoms with Crippen molar-refractivity contribution in [1.82, 2.24) is 0 Å². The predicted octanol–water partition coefficient (Wildman–Crippen LogP) is 2.86. The first-order chi connectivity index (χ1) is 6.65. The summed E-state index contributed by atoms with van der Waals surface area (Å²) < 4.78 is 5.64. The molecule has 2 nitrogen and oxygen atoms in total. The van der Waals surface area contributed by atoms with Crippen LogP contribution in [0.1, 0.15) is 12.8 Å². The Bertz CT molecular complexity index is 337.